The van der Waals surface area contributed by atoms with Gasteiger partial charge in [-0.3, -0.25) is 4.90 Å². The van der Waals surface area contributed by atoms with E-state index in [1.54, 1.807) is 0 Å². The number of morpholine rings is 1. The van der Waals surface area contributed by atoms with E-state index in [4.69, 9.17) is 15.2 Å². The van der Waals surface area contributed by atoms with Crippen molar-refractivity contribution in [2.24, 2.45) is 11.7 Å². The molecule has 2 heterocycles. The molecule has 2 unspecified atom stereocenters. The Labute approximate surface area is 98.1 Å². The molecule has 4 nitrogen and oxygen atoms in total. The normalized spacial score (nSPS) is 36.2. The van der Waals surface area contributed by atoms with E-state index in [0.717, 1.165) is 45.9 Å². The van der Waals surface area contributed by atoms with Gasteiger partial charge in [-0.25, -0.2) is 0 Å². The fourth-order valence-corrected chi connectivity index (χ4v) is 2.60. The predicted octanol–water partition coefficient (Wildman–Crippen LogP) is 0.461. The molecular formula is C12H24N2O2. The standard InChI is InChI=1S/C12H24N2O2/c1-12(2)9-14(4-6-16-12)7-10-8-15-5-3-11(10)13/h10-11H,3-9,13H2,1-2H3. The van der Waals surface area contributed by atoms with Crippen molar-refractivity contribution in [3.63, 3.8) is 0 Å². The molecule has 0 radical (unpaired) electrons. The molecular weight excluding hydrogens is 204 g/mol. The molecule has 2 rings (SSSR count). The highest BCUT2D eigenvalue weighted by atomic mass is 16.5. The minimum absolute atomic E-state index is 0.0160. The Morgan fingerprint density at radius 2 is 2.19 bits per heavy atom. The number of ether oxygens (including phenoxy) is 2. The first kappa shape index (κ1) is 12.3. The summed E-state index contributed by atoms with van der Waals surface area (Å²) in [4.78, 5) is 2.46. The van der Waals surface area contributed by atoms with Crippen molar-refractivity contribution >= 4 is 0 Å². The molecule has 0 aromatic rings. The van der Waals surface area contributed by atoms with Crippen LogP contribution in [0.3, 0.4) is 0 Å². The maximum absolute atomic E-state index is 6.13. The number of nitrogens with two attached hydrogens (primary N) is 1. The number of nitrogens with zero attached hydrogens (tertiary/aromatic N) is 1. The highest BCUT2D eigenvalue weighted by Gasteiger charge is 2.31. The molecule has 2 saturated heterocycles. The largest absolute Gasteiger partial charge is 0.381 e. The van der Waals surface area contributed by atoms with Crippen LogP contribution in [0.5, 0.6) is 0 Å². The van der Waals surface area contributed by atoms with Crippen molar-refractivity contribution in [2.75, 3.05) is 39.5 Å². The topological polar surface area (TPSA) is 47.7 Å². The first-order valence-electron chi connectivity index (χ1n) is 6.26. The Kier molecular flexibility index (Phi) is 3.85. The van der Waals surface area contributed by atoms with Gasteiger partial charge < -0.3 is 15.2 Å². The second-order valence-electron chi connectivity index (χ2n) is 5.63. The van der Waals surface area contributed by atoms with Gasteiger partial charge in [-0.15, -0.1) is 0 Å². The third-order valence-corrected chi connectivity index (χ3v) is 3.53. The van der Waals surface area contributed by atoms with Crippen LogP contribution in [0.15, 0.2) is 0 Å². The molecule has 4 heteroatoms. The molecule has 2 atom stereocenters. The molecule has 0 aromatic carbocycles. The van der Waals surface area contributed by atoms with Crippen LogP contribution in [0.25, 0.3) is 0 Å². The van der Waals surface area contributed by atoms with Crippen LogP contribution in [0.4, 0.5) is 0 Å². The summed E-state index contributed by atoms with van der Waals surface area (Å²) >= 11 is 0. The Morgan fingerprint density at radius 1 is 1.38 bits per heavy atom. The number of hydrogen-bond donors (Lipinski definition) is 1. The summed E-state index contributed by atoms with van der Waals surface area (Å²) < 4.78 is 11.2. The highest BCUT2D eigenvalue weighted by molar-refractivity contribution is 4.84. The molecule has 0 amide bonds. The Hall–Kier alpha value is -0.160. The van der Waals surface area contributed by atoms with E-state index in [9.17, 15) is 0 Å². The molecule has 2 aliphatic rings. The summed E-state index contributed by atoms with van der Waals surface area (Å²) in [6.07, 6.45) is 0.998. The Morgan fingerprint density at radius 3 is 2.88 bits per heavy atom. The molecule has 0 spiro atoms. The zero-order chi connectivity index (χ0) is 11.6. The molecule has 16 heavy (non-hydrogen) atoms. The van der Waals surface area contributed by atoms with E-state index >= 15 is 0 Å². The minimum atomic E-state index is -0.0160. The summed E-state index contributed by atoms with van der Waals surface area (Å²) in [6.45, 7) is 9.84. The maximum Gasteiger partial charge on any atom is 0.0753 e. The van der Waals surface area contributed by atoms with Gasteiger partial charge in [0.1, 0.15) is 0 Å². The molecule has 2 aliphatic heterocycles. The van der Waals surface area contributed by atoms with Crippen LogP contribution in [-0.2, 0) is 9.47 Å². The third kappa shape index (κ3) is 3.17. The fourth-order valence-electron chi connectivity index (χ4n) is 2.60. The number of rotatable bonds is 2. The zero-order valence-electron chi connectivity index (χ0n) is 10.4. The molecule has 0 bridgehead atoms. The molecule has 0 saturated carbocycles. The predicted molar refractivity (Wildman–Crippen MR) is 63.4 cm³/mol. The van der Waals surface area contributed by atoms with Gasteiger partial charge in [0.2, 0.25) is 0 Å². The lowest BCUT2D eigenvalue weighted by Crippen LogP contribution is -2.52. The summed E-state index contributed by atoms with van der Waals surface area (Å²) in [5.41, 5.74) is 6.11. The van der Waals surface area contributed by atoms with E-state index in [1.165, 1.54) is 0 Å². The van der Waals surface area contributed by atoms with Gasteiger partial charge in [0, 0.05) is 38.2 Å². The summed E-state index contributed by atoms with van der Waals surface area (Å²) in [6, 6.07) is 0.305. The van der Waals surface area contributed by atoms with Gasteiger partial charge in [-0.1, -0.05) is 0 Å². The Bertz CT molecular complexity index is 233. The maximum atomic E-state index is 6.13. The molecule has 0 aromatic heterocycles. The Balaban J connectivity index is 1.84. The van der Waals surface area contributed by atoms with Gasteiger partial charge in [0.05, 0.1) is 18.8 Å². The van der Waals surface area contributed by atoms with Crippen molar-refractivity contribution in [1.29, 1.82) is 0 Å². The van der Waals surface area contributed by atoms with Crippen LogP contribution in [-0.4, -0.2) is 56.0 Å². The van der Waals surface area contributed by atoms with Crippen LogP contribution < -0.4 is 5.73 Å². The zero-order valence-corrected chi connectivity index (χ0v) is 10.4. The van der Waals surface area contributed by atoms with Gasteiger partial charge in [0.25, 0.3) is 0 Å². The van der Waals surface area contributed by atoms with E-state index in [0.29, 0.717) is 12.0 Å². The molecule has 2 N–H and O–H groups in total. The van der Waals surface area contributed by atoms with Crippen molar-refractivity contribution in [3.8, 4) is 0 Å². The molecule has 94 valence electrons. The van der Waals surface area contributed by atoms with Gasteiger partial charge in [0.15, 0.2) is 0 Å². The second-order valence-corrected chi connectivity index (χ2v) is 5.63. The van der Waals surface area contributed by atoms with Gasteiger partial charge in [-0.2, -0.15) is 0 Å². The van der Waals surface area contributed by atoms with E-state index in [-0.39, 0.29) is 5.60 Å². The lowest BCUT2D eigenvalue weighted by Gasteiger charge is -2.41. The first-order valence-corrected chi connectivity index (χ1v) is 6.26. The van der Waals surface area contributed by atoms with Crippen LogP contribution in [0.2, 0.25) is 0 Å². The van der Waals surface area contributed by atoms with Crippen molar-refractivity contribution in [1.82, 2.24) is 4.90 Å². The fraction of sp³-hybridized carbons (Fsp3) is 1.00. The van der Waals surface area contributed by atoms with Crippen LogP contribution in [0.1, 0.15) is 20.3 Å². The average Bonchev–Trinajstić information content (AvgIpc) is 2.20. The smallest absolute Gasteiger partial charge is 0.0753 e. The molecule has 0 aliphatic carbocycles. The lowest BCUT2D eigenvalue weighted by atomic mass is 9.95. The third-order valence-electron chi connectivity index (χ3n) is 3.53. The SMILES string of the molecule is CC1(C)CN(CC2COCCC2N)CCO1. The summed E-state index contributed by atoms with van der Waals surface area (Å²) in [7, 11) is 0. The average molecular weight is 228 g/mol. The lowest BCUT2D eigenvalue weighted by molar-refractivity contribution is -0.0945. The van der Waals surface area contributed by atoms with Crippen LogP contribution in [0, 0.1) is 5.92 Å². The summed E-state index contributed by atoms with van der Waals surface area (Å²) in [5, 5.41) is 0. The molecule has 2 fully saturated rings. The highest BCUT2D eigenvalue weighted by Crippen LogP contribution is 2.20. The van der Waals surface area contributed by atoms with Crippen molar-refractivity contribution in [3.05, 3.63) is 0 Å². The number of hydrogen-bond acceptors (Lipinski definition) is 4. The van der Waals surface area contributed by atoms with Gasteiger partial charge in [-0.05, 0) is 20.3 Å². The first-order chi connectivity index (χ1) is 7.57. The minimum Gasteiger partial charge on any atom is -0.381 e. The van der Waals surface area contributed by atoms with E-state index < -0.39 is 0 Å². The van der Waals surface area contributed by atoms with Crippen molar-refractivity contribution in [2.45, 2.75) is 31.9 Å². The van der Waals surface area contributed by atoms with Crippen molar-refractivity contribution < 1.29 is 9.47 Å². The van der Waals surface area contributed by atoms with E-state index in [1.807, 2.05) is 0 Å². The monoisotopic (exact) mass is 228 g/mol. The van der Waals surface area contributed by atoms with E-state index in [2.05, 4.69) is 18.7 Å². The van der Waals surface area contributed by atoms with Gasteiger partial charge >= 0.3 is 0 Å². The summed E-state index contributed by atoms with van der Waals surface area (Å²) in [5.74, 6) is 0.489. The quantitative estimate of drug-likeness (QED) is 0.746. The van der Waals surface area contributed by atoms with Crippen LogP contribution >= 0.6 is 0 Å². The second kappa shape index (κ2) is 5.00.